The van der Waals surface area contributed by atoms with Crippen molar-refractivity contribution in [1.29, 1.82) is 0 Å². The van der Waals surface area contributed by atoms with Gasteiger partial charge in [0.05, 0.1) is 0 Å². The first-order chi connectivity index (χ1) is 10.0. The predicted molar refractivity (Wildman–Crippen MR) is 93.6 cm³/mol. The number of hydrogen-bond donors (Lipinski definition) is 1. The second-order valence-corrected chi connectivity index (χ2v) is 7.05. The average Bonchev–Trinajstić information content (AvgIpc) is 2.49. The van der Waals surface area contributed by atoms with E-state index in [0.29, 0.717) is 0 Å². The first-order valence-corrected chi connectivity index (χ1v) is 9.21. The van der Waals surface area contributed by atoms with Crippen LogP contribution in [0.4, 0.5) is 0 Å². The van der Waals surface area contributed by atoms with Crippen LogP contribution in [-0.2, 0) is 0 Å². The lowest BCUT2D eigenvalue weighted by molar-refractivity contribution is 0.00103. The largest absolute Gasteiger partial charge is 0.329 e. The van der Waals surface area contributed by atoms with Gasteiger partial charge in [0.2, 0.25) is 0 Å². The van der Waals surface area contributed by atoms with Gasteiger partial charge in [-0.2, -0.15) is 0 Å². The van der Waals surface area contributed by atoms with Crippen LogP contribution in [0.3, 0.4) is 0 Å². The molecular weight excluding hydrogens is 258 g/mol. The monoisotopic (exact) mass is 297 g/mol. The lowest BCUT2D eigenvalue weighted by Gasteiger charge is -2.51. The van der Waals surface area contributed by atoms with E-state index in [0.717, 1.165) is 24.9 Å². The van der Waals surface area contributed by atoms with Crippen LogP contribution in [0, 0.1) is 11.8 Å². The van der Waals surface area contributed by atoms with E-state index in [4.69, 9.17) is 5.73 Å². The van der Waals surface area contributed by atoms with Crippen LogP contribution in [0.2, 0.25) is 0 Å². The molecule has 0 amide bonds. The molecule has 3 atom stereocenters. The number of likely N-dealkylation sites (N-methyl/N-ethyl adjacent to an activating group) is 1. The molecule has 3 unspecified atom stereocenters. The molecule has 0 saturated heterocycles. The van der Waals surface area contributed by atoms with Crippen molar-refractivity contribution in [3.05, 3.63) is 0 Å². The van der Waals surface area contributed by atoms with E-state index in [1.54, 1.807) is 0 Å². The highest BCUT2D eigenvalue weighted by atomic mass is 15.2. The Kier molecular flexibility index (Phi) is 8.22. The van der Waals surface area contributed by atoms with E-state index in [9.17, 15) is 0 Å². The van der Waals surface area contributed by atoms with Crippen LogP contribution in [0.5, 0.6) is 0 Å². The summed E-state index contributed by atoms with van der Waals surface area (Å²) < 4.78 is 0. The zero-order chi connectivity index (χ0) is 15.9. The number of rotatable bonds is 9. The second-order valence-electron chi connectivity index (χ2n) is 7.05. The second kappa shape index (κ2) is 9.12. The highest BCUT2D eigenvalue weighted by molar-refractivity contribution is 4.99. The van der Waals surface area contributed by atoms with Gasteiger partial charge in [0, 0.05) is 12.1 Å². The lowest BCUT2D eigenvalue weighted by Crippen LogP contribution is -2.60. The van der Waals surface area contributed by atoms with Crippen molar-refractivity contribution in [3.63, 3.8) is 0 Å². The first kappa shape index (κ1) is 18.9. The van der Waals surface area contributed by atoms with Crippen molar-refractivity contribution in [1.82, 2.24) is 9.80 Å². The Morgan fingerprint density at radius 3 is 2.19 bits per heavy atom. The number of hydrogen-bond acceptors (Lipinski definition) is 3. The molecular formula is C18H39N3. The van der Waals surface area contributed by atoms with Gasteiger partial charge in [-0.1, -0.05) is 34.6 Å². The fourth-order valence-corrected chi connectivity index (χ4v) is 4.31. The Morgan fingerprint density at radius 1 is 1.05 bits per heavy atom. The molecule has 2 N–H and O–H groups in total. The van der Waals surface area contributed by atoms with Crippen LogP contribution >= 0.6 is 0 Å². The first-order valence-electron chi connectivity index (χ1n) is 9.21. The molecule has 1 fully saturated rings. The molecule has 1 rings (SSSR count). The van der Waals surface area contributed by atoms with Crippen molar-refractivity contribution >= 4 is 0 Å². The highest BCUT2D eigenvalue weighted by Crippen LogP contribution is 2.40. The topological polar surface area (TPSA) is 32.5 Å². The minimum absolute atomic E-state index is 0.254. The van der Waals surface area contributed by atoms with Gasteiger partial charge in [-0.3, -0.25) is 4.90 Å². The zero-order valence-corrected chi connectivity index (χ0v) is 15.2. The summed E-state index contributed by atoms with van der Waals surface area (Å²) in [5, 5.41) is 0. The van der Waals surface area contributed by atoms with Crippen LogP contribution in [0.15, 0.2) is 0 Å². The minimum Gasteiger partial charge on any atom is -0.329 e. The molecule has 0 aliphatic heterocycles. The molecule has 0 spiro atoms. The molecule has 3 nitrogen and oxygen atoms in total. The standard InChI is InChI=1S/C18H39N3/c1-6-20(7-2)12-9-13-21(8-3)18(15-19)11-10-16(4)14-17(18)5/h16-17H,6-15,19H2,1-5H3. The van der Waals surface area contributed by atoms with Crippen molar-refractivity contribution in [2.45, 2.75) is 65.8 Å². The fraction of sp³-hybridized carbons (Fsp3) is 1.00. The predicted octanol–water partition coefficient (Wildman–Crippen LogP) is 3.19. The van der Waals surface area contributed by atoms with Crippen molar-refractivity contribution in [2.75, 3.05) is 39.3 Å². The third-order valence-electron chi connectivity index (χ3n) is 5.91. The maximum absolute atomic E-state index is 6.28. The molecule has 0 aromatic heterocycles. The molecule has 1 aliphatic rings. The Labute approximate surface area is 133 Å². The summed E-state index contributed by atoms with van der Waals surface area (Å²) in [5.74, 6) is 1.59. The maximum Gasteiger partial charge on any atom is 0.0357 e. The molecule has 0 aromatic carbocycles. The van der Waals surface area contributed by atoms with Crippen molar-refractivity contribution < 1.29 is 0 Å². The molecule has 0 bridgehead atoms. The minimum atomic E-state index is 0.254. The van der Waals surface area contributed by atoms with E-state index >= 15 is 0 Å². The molecule has 0 heterocycles. The van der Waals surface area contributed by atoms with Gasteiger partial charge in [-0.15, -0.1) is 0 Å². The van der Waals surface area contributed by atoms with E-state index in [1.165, 1.54) is 51.9 Å². The SMILES string of the molecule is CCN(CC)CCCN(CC)C1(CN)CCC(C)CC1C. The third-order valence-corrected chi connectivity index (χ3v) is 5.91. The van der Waals surface area contributed by atoms with Crippen LogP contribution in [-0.4, -0.2) is 54.6 Å². The van der Waals surface area contributed by atoms with Crippen molar-refractivity contribution in [2.24, 2.45) is 17.6 Å². The maximum atomic E-state index is 6.28. The Hall–Kier alpha value is -0.120. The van der Waals surface area contributed by atoms with Crippen LogP contribution < -0.4 is 5.73 Å². The summed E-state index contributed by atoms with van der Waals surface area (Å²) in [4.78, 5) is 5.22. The van der Waals surface area contributed by atoms with Crippen molar-refractivity contribution in [3.8, 4) is 0 Å². The Balaban J connectivity index is 2.63. The number of nitrogens with two attached hydrogens (primary N) is 1. The molecule has 21 heavy (non-hydrogen) atoms. The molecule has 0 radical (unpaired) electrons. The molecule has 1 saturated carbocycles. The van der Waals surface area contributed by atoms with Gasteiger partial charge in [0.25, 0.3) is 0 Å². The Bertz CT molecular complexity index is 278. The summed E-state index contributed by atoms with van der Waals surface area (Å²) in [6.07, 6.45) is 5.22. The zero-order valence-electron chi connectivity index (χ0n) is 15.2. The van der Waals surface area contributed by atoms with Crippen LogP contribution in [0.1, 0.15) is 60.3 Å². The fourth-order valence-electron chi connectivity index (χ4n) is 4.31. The van der Waals surface area contributed by atoms with E-state index < -0.39 is 0 Å². The van der Waals surface area contributed by atoms with E-state index in [1.807, 2.05) is 0 Å². The Morgan fingerprint density at radius 2 is 1.71 bits per heavy atom. The molecule has 0 aromatic rings. The number of nitrogens with zero attached hydrogens (tertiary/aromatic N) is 2. The normalized spacial score (nSPS) is 30.3. The summed E-state index contributed by atoms with van der Waals surface area (Å²) in [6, 6.07) is 0. The summed E-state index contributed by atoms with van der Waals surface area (Å²) in [5.41, 5.74) is 6.54. The van der Waals surface area contributed by atoms with Gasteiger partial charge >= 0.3 is 0 Å². The molecule has 126 valence electrons. The van der Waals surface area contributed by atoms with Crippen LogP contribution in [0.25, 0.3) is 0 Å². The summed E-state index contributed by atoms with van der Waals surface area (Å²) in [6.45, 7) is 18.3. The highest BCUT2D eigenvalue weighted by Gasteiger charge is 2.42. The van der Waals surface area contributed by atoms with Gasteiger partial charge in [-0.05, 0) is 70.2 Å². The summed E-state index contributed by atoms with van der Waals surface area (Å²) >= 11 is 0. The van der Waals surface area contributed by atoms with E-state index in [-0.39, 0.29) is 5.54 Å². The third kappa shape index (κ3) is 4.67. The van der Waals surface area contributed by atoms with Gasteiger partial charge in [-0.25, -0.2) is 0 Å². The summed E-state index contributed by atoms with van der Waals surface area (Å²) in [7, 11) is 0. The van der Waals surface area contributed by atoms with Gasteiger partial charge < -0.3 is 10.6 Å². The lowest BCUT2D eigenvalue weighted by atomic mass is 9.69. The average molecular weight is 298 g/mol. The smallest absolute Gasteiger partial charge is 0.0357 e. The van der Waals surface area contributed by atoms with Gasteiger partial charge in [0.1, 0.15) is 0 Å². The van der Waals surface area contributed by atoms with Gasteiger partial charge in [0.15, 0.2) is 0 Å². The molecule has 3 heteroatoms. The quantitative estimate of drug-likeness (QED) is 0.709. The van der Waals surface area contributed by atoms with E-state index in [2.05, 4.69) is 44.4 Å². The molecule has 1 aliphatic carbocycles.